The van der Waals surface area contributed by atoms with Gasteiger partial charge in [0.25, 0.3) is 11.8 Å². The smallest absolute Gasteiger partial charge is 0.356 e. The van der Waals surface area contributed by atoms with E-state index in [4.69, 9.17) is 26.2 Å². The maximum absolute atomic E-state index is 14.1. The standard InChI is InChI=1S/C47H40ClN5O5S2/c1-2-57-52-38(37-30-60-46(49-37)51-47(34-22-12-5-13-23-34,35-24-14-6-15-25-35)36-26-16-7-17-27-36)42(54)50-39-43(55)53-40(33(28-48)29-59-44(39)53)45(56)58-41(31-18-8-3-9-19-31)32-20-10-4-11-21-32/h3-27,30,39,41,44H,2,28-29H2,1H3,(H,49,51)(H,50,54)/b52-38-/t39?,44-/m1/s1. The molecule has 13 heteroatoms. The van der Waals surface area contributed by atoms with Crippen molar-refractivity contribution in [1.82, 2.24) is 15.2 Å². The van der Waals surface area contributed by atoms with Gasteiger partial charge in [-0.05, 0) is 40.3 Å². The molecule has 2 N–H and O–H groups in total. The van der Waals surface area contributed by atoms with Crippen LogP contribution in [0, 0.1) is 0 Å². The first-order valence-corrected chi connectivity index (χ1v) is 21.8. The molecule has 2 amide bonds. The molecule has 2 aliphatic heterocycles. The molecule has 2 aliphatic rings. The quantitative estimate of drug-likeness (QED) is 0.0264. The predicted octanol–water partition coefficient (Wildman–Crippen LogP) is 8.51. The molecule has 2 atom stereocenters. The number of thiazole rings is 1. The number of halogens is 1. The number of rotatable bonds is 15. The summed E-state index contributed by atoms with van der Waals surface area (Å²) in [5.74, 6) is -1.41. The molecule has 1 unspecified atom stereocenters. The van der Waals surface area contributed by atoms with Gasteiger partial charge in [-0.15, -0.1) is 34.7 Å². The van der Waals surface area contributed by atoms with Crippen LogP contribution in [0.2, 0.25) is 0 Å². The summed E-state index contributed by atoms with van der Waals surface area (Å²) in [7, 11) is 0. The Hall–Kier alpha value is -6.21. The number of benzene rings is 5. The van der Waals surface area contributed by atoms with Gasteiger partial charge in [0.1, 0.15) is 35.0 Å². The molecule has 0 saturated carbocycles. The number of anilines is 1. The van der Waals surface area contributed by atoms with Crippen LogP contribution in [0.25, 0.3) is 0 Å². The molecule has 302 valence electrons. The molecule has 1 aromatic heterocycles. The fourth-order valence-electron chi connectivity index (χ4n) is 7.45. The molecule has 60 heavy (non-hydrogen) atoms. The molecule has 1 fully saturated rings. The number of ether oxygens (including phenoxy) is 1. The van der Waals surface area contributed by atoms with Crippen molar-refractivity contribution in [1.29, 1.82) is 0 Å². The summed E-state index contributed by atoms with van der Waals surface area (Å²) in [4.78, 5) is 53.9. The summed E-state index contributed by atoms with van der Waals surface area (Å²) in [6, 6.07) is 48.2. The Morgan fingerprint density at radius 2 is 1.35 bits per heavy atom. The van der Waals surface area contributed by atoms with E-state index in [1.54, 1.807) is 12.3 Å². The number of carbonyl (C=O) groups is 3. The minimum Gasteiger partial charge on any atom is -0.448 e. The lowest BCUT2D eigenvalue weighted by Gasteiger charge is -2.49. The van der Waals surface area contributed by atoms with Crippen LogP contribution in [0.3, 0.4) is 0 Å². The molecular formula is C47H40ClN5O5S2. The van der Waals surface area contributed by atoms with Gasteiger partial charge >= 0.3 is 5.97 Å². The van der Waals surface area contributed by atoms with E-state index in [1.807, 2.05) is 115 Å². The molecule has 5 aromatic carbocycles. The van der Waals surface area contributed by atoms with E-state index < -0.39 is 40.8 Å². The van der Waals surface area contributed by atoms with Gasteiger partial charge in [0.2, 0.25) is 0 Å². The number of nitrogens with one attached hydrogen (secondary N) is 2. The SMILES string of the molecule is CCO/N=C(\C(=O)NC1C(=O)N2C(C(=O)OC(c3ccccc3)c3ccccc3)=C(CCl)CS[C@H]12)c1csc(NC(c2ccccc2)(c2ccccc2)c2ccccc2)n1. The topological polar surface area (TPSA) is 122 Å². The van der Waals surface area contributed by atoms with Crippen LogP contribution in [0.1, 0.15) is 46.5 Å². The van der Waals surface area contributed by atoms with Crippen LogP contribution in [-0.2, 0) is 29.5 Å². The van der Waals surface area contributed by atoms with E-state index >= 15 is 0 Å². The number of oxime groups is 1. The summed E-state index contributed by atoms with van der Waals surface area (Å²) in [5, 5.41) is 12.5. The zero-order valence-corrected chi connectivity index (χ0v) is 34.8. The maximum Gasteiger partial charge on any atom is 0.356 e. The molecule has 10 nitrogen and oxygen atoms in total. The Kier molecular flexibility index (Phi) is 12.4. The Bertz CT molecular complexity index is 2370. The Morgan fingerprint density at radius 3 is 1.85 bits per heavy atom. The second-order valence-corrected chi connectivity index (χ2v) is 16.2. The highest BCUT2D eigenvalue weighted by atomic mass is 35.5. The lowest BCUT2D eigenvalue weighted by atomic mass is 9.77. The summed E-state index contributed by atoms with van der Waals surface area (Å²) < 4.78 is 6.18. The lowest BCUT2D eigenvalue weighted by Crippen LogP contribution is -2.71. The van der Waals surface area contributed by atoms with Gasteiger partial charge in [0, 0.05) is 17.0 Å². The van der Waals surface area contributed by atoms with Gasteiger partial charge in [-0.3, -0.25) is 14.5 Å². The van der Waals surface area contributed by atoms with Gasteiger partial charge in [-0.2, -0.15) is 0 Å². The zero-order chi connectivity index (χ0) is 41.5. The van der Waals surface area contributed by atoms with E-state index in [2.05, 4.69) is 52.2 Å². The summed E-state index contributed by atoms with van der Waals surface area (Å²) in [6.45, 7) is 1.96. The molecule has 0 spiro atoms. The first-order valence-electron chi connectivity index (χ1n) is 19.4. The number of hydrogen-bond acceptors (Lipinski definition) is 10. The highest BCUT2D eigenvalue weighted by Gasteiger charge is 2.55. The monoisotopic (exact) mass is 853 g/mol. The third-order valence-electron chi connectivity index (χ3n) is 10.3. The maximum atomic E-state index is 14.1. The molecule has 3 heterocycles. The Balaban J connectivity index is 1.04. The van der Waals surface area contributed by atoms with Crippen LogP contribution < -0.4 is 10.6 Å². The van der Waals surface area contributed by atoms with E-state index in [1.165, 1.54) is 28.0 Å². The fourth-order valence-corrected chi connectivity index (χ4v) is 9.88. The molecule has 0 aliphatic carbocycles. The average Bonchev–Trinajstić information content (AvgIpc) is 3.77. The Morgan fingerprint density at radius 1 is 0.833 bits per heavy atom. The summed E-state index contributed by atoms with van der Waals surface area (Å²) >= 11 is 9.10. The zero-order valence-electron chi connectivity index (χ0n) is 32.4. The van der Waals surface area contributed by atoms with Crippen molar-refractivity contribution in [2.75, 3.05) is 23.6 Å². The molecule has 0 radical (unpaired) electrons. The molecule has 6 aromatic rings. The van der Waals surface area contributed by atoms with Crippen LogP contribution in [-0.4, -0.2) is 63.0 Å². The molecule has 0 bridgehead atoms. The first-order chi connectivity index (χ1) is 29.4. The number of nitrogens with zero attached hydrogens (tertiary/aromatic N) is 3. The fraction of sp³-hybridized carbons (Fsp3) is 0.170. The number of alkyl halides is 1. The number of aromatic nitrogens is 1. The minimum absolute atomic E-state index is 0.0256. The van der Waals surface area contributed by atoms with E-state index in [9.17, 15) is 14.4 Å². The minimum atomic E-state index is -0.967. The van der Waals surface area contributed by atoms with Crippen molar-refractivity contribution in [3.05, 3.63) is 202 Å². The first kappa shape index (κ1) is 40.6. The summed E-state index contributed by atoms with van der Waals surface area (Å²) in [5.41, 5.74) is 4.50. The molecular weight excluding hydrogens is 814 g/mol. The van der Waals surface area contributed by atoms with Gasteiger partial charge < -0.3 is 20.2 Å². The average molecular weight is 854 g/mol. The normalized spacial score (nSPS) is 16.5. The second kappa shape index (κ2) is 18.4. The van der Waals surface area contributed by atoms with Crippen molar-refractivity contribution in [2.24, 2.45) is 5.16 Å². The Labute approximate surface area is 361 Å². The van der Waals surface area contributed by atoms with E-state index in [-0.39, 0.29) is 29.6 Å². The number of thioether (sulfide) groups is 1. The van der Waals surface area contributed by atoms with Crippen LogP contribution in [0.15, 0.2) is 173 Å². The lowest BCUT2D eigenvalue weighted by molar-refractivity contribution is -0.154. The predicted molar refractivity (Wildman–Crippen MR) is 237 cm³/mol. The van der Waals surface area contributed by atoms with Crippen LogP contribution >= 0.6 is 34.7 Å². The van der Waals surface area contributed by atoms with Crippen LogP contribution in [0.4, 0.5) is 5.13 Å². The van der Waals surface area contributed by atoms with Gasteiger partial charge in [-0.1, -0.05) is 157 Å². The largest absolute Gasteiger partial charge is 0.448 e. The molecule has 1 saturated heterocycles. The third kappa shape index (κ3) is 8.05. The molecule has 8 rings (SSSR count). The summed E-state index contributed by atoms with van der Waals surface area (Å²) in [6.07, 6.45) is -0.725. The highest BCUT2D eigenvalue weighted by molar-refractivity contribution is 8.00. The van der Waals surface area contributed by atoms with Crippen molar-refractivity contribution >= 4 is 63.3 Å². The number of fused-ring (bicyclic) bond motifs is 1. The highest BCUT2D eigenvalue weighted by Crippen LogP contribution is 2.43. The van der Waals surface area contributed by atoms with Gasteiger partial charge in [0.15, 0.2) is 16.9 Å². The number of carbonyl (C=O) groups excluding carboxylic acids is 3. The number of esters is 1. The number of amides is 2. The van der Waals surface area contributed by atoms with Crippen molar-refractivity contribution in [3.8, 4) is 0 Å². The van der Waals surface area contributed by atoms with E-state index in [0.717, 1.165) is 27.8 Å². The number of β-lactam (4-membered cyclic amide) rings is 1. The van der Waals surface area contributed by atoms with Crippen molar-refractivity contribution in [3.63, 3.8) is 0 Å². The van der Waals surface area contributed by atoms with Crippen molar-refractivity contribution in [2.45, 2.75) is 30.0 Å². The third-order valence-corrected chi connectivity index (χ3v) is 12.7. The second-order valence-electron chi connectivity index (χ2n) is 13.9. The van der Waals surface area contributed by atoms with Crippen molar-refractivity contribution < 1.29 is 24.0 Å². The van der Waals surface area contributed by atoms with E-state index in [0.29, 0.717) is 16.5 Å². The van der Waals surface area contributed by atoms with Gasteiger partial charge in [0.05, 0.1) is 0 Å². The van der Waals surface area contributed by atoms with Gasteiger partial charge in [-0.25, -0.2) is 9.78 Å². The number of hydrogen-bond donors (Lipinski definition) is 2. The van der Waals surface area contributed by atoms with Crippen LogP contribution in [0.5, 0.6) is 0 Å².